The molecule has 104 valence electrons. The topological polar surface area (TPSA) is 30.9 Å². The summed E-state index contributed by atoms with van der Waals surface area (Å²) in [6.07, 6.45) is 1.79. The van der Waals surface area contributed by atoms with Crippen molar-refractivity contribution in [2.45, 2.75) is 18.6 Å². The Morgan fingerprint density at radius 3 is 2.68 bits per heavy atom. The standard InChI is InChI=1S/C12H12ClF3N2S/c13-9-1-2-10-8(6-17)7-18(11(10)5-9)3-4-19-12(14,15)16/h1-2,5,7H,3-4,6,17H2. The van der Waals surface area contributed by atoms with Crippen LogP contribution >= 0.6 is 23.4 Å². The number of thioether (sulfide) groups is 1. The van der Waals surface area contributed by atoms with E-state index in [4.69, 9.17) is 17.3 Å². The fourth-order valence-electron chi connectivity index (χ4n) is 1.95. The molecule has 0 fully saturated rings. The van der Waals surface area contributed by atoms with Crippen molar-refractivity contribution in [3.63, 3.8) is 0 Å². The lowest BCUT2D eigenvalue weighted by molar-refractivity contribution is -0.0328. The number of fused-ring (bicyclic) bond motifs is 1. The highest BCUT2D eigenvalue weighted by Crippen LogP contribution is 2.31. The third-order valence-electron chi connectivity index (χ3n) is 2.74. The van der Waals surface area contributed by atoms with Gasteiger partial charge in [-0.05, 0) is 29.5 Å². The molecular weight excluding hydrogens is 297 g/mol. The fourth-order valence-corrected chi connectivity index (χ4v) is 2.63. The van der Waals surface area contributed by atoms with Gasteiger partial charge in [0.2, 0.25) is 0 Å². The molecule has 0 atom stereocenters. The van der Waals surface area contributed by atoms with Gasteiger partial charge in [0.25, 0.3) is 0 Å². The number of hydrogen-bond acceptors (Lipinski definition) is 2. The Bertz CT molecular complexity index is 580. The van der Waals surface area contributed by atoms with Gasteiger partial charge in [0.05, 0.1) is 0 Å². The number of benzene rings is 1. The van der Waals surface area contributed by atoms with Crippen molar-refractivity contribution in [2.75, 3.05) is 5.75 Å². The minimum absolute atomic E-state index is 0.0271. The molecule has 1 aromatic carbocycles. The van der Waals surface area contributed by atoms with Gasteiger partial charge in [-0.15, -0.1) is 0 Å². The van der Waals surface area contributed by atoms with Gasteiger partial charge >= 0.3 is 5.51 Å². The molecular formula is C12H12ClF3N2S. The Hall–Kier alpha value is -0.850. The molecule has 0 saturated heterocycles. The molecule has 2 N–H and O–H groups in total. The summed E-state index contributed by atoms with van der Waals surface area (Å²) in [6, 6.07) is 5.33. The SMILES string of the molecule is NCc1cn(CCSC(F)(F)F)c2cc(Cl)ccc12. The molecule has 0 unspecified atom stereocenters. The lowest BCUT2D eigenvalue weighted by Crippen LogP contribution is -2.06. The van der Waals surface area contributed by atoms with E-state index in [0.717, 1.165) is 16.5 Å². The van der Waals surface area contributed by atoms with Crippen molar-refractivity contribution in [1.29, 1.82) is 0 Å². The molecule has 0 aliphatic carbocycles. The van der Waals surface area contributed by atoms with Crippen LogP contribution < -0.4 is 5.73 Å². The maximum atomic E-state index is 12.1. The first-order valence-electron chi connectivity index (χ1n) is 5.59. The van der Waals surface area contributed by atoms with Crippen LogP contribution in [0.5, 0.6) is 0 Å². The molecule has 0 radical (unpaired) electrons. The monoisotopic (exact) mass is 308 g/mol. The summed E-state index contributed by atoms with van der Waals surface area (Å²) in [5.74, 6) is -0.0379. The molecule has 0 amide bonds. The Morgan fingerprint density at radius 1 is 1.32 bits per heavy atom. The second-order valence-corrected chi connectivity index (χ2v) is 5.60. The van der Waals surface area contributed by atoms with Crippen molar-refractivity contribution in [2.24, 2.45) is 5.73 Å². The molecule has 1 aromatic heterocycles. The molecule has 2 aromatic rings. The van der Waals surface area contributed by atoms with Gasteiger partial charge in [-0.1, -0.05) is 17.7 Å². The molecule has 2 rings (SSSR count). The van der Waals surface area contributed by atoms with Crippen molar-refractivity contribution in [3.05, 3.63) is 35.0 Å². The summed E-state index contributed by atoms with van der Waals surface area (Å²) < 4.78 is 38.1. The van der Waals surface area contributed by atoms with Crippen LogP contribution in [-0.2, 0) is 13.1 Å². The number of nitrogens with zero attached hydrogens (tertiary/aromatic N) is 1. The highest BCUT2D eigenvalue weighted by atomic mass is 35.5. The van der Waals surface area contributed by atoms with Crippen molar-refractivity contribution >= 4 is 34.3 Å². The molecule has 0 saturated carbocycles. The number of aromatic nitrogens is 1. The van der Waals surface area contributed by atoms with E-state index >= 15 is 0 Å². The van der Waals surface area contributed by atoms with E-state index in [2.05, 4.69) is 0 Å². The Labute approximate surface area is 117 Å². The van der Waals surface area contributed by atoms with Crippen molar-refractivity contribution in [3.8, 4) is 0 Å². The minimum Gasteiger partial charge on any atom is -0.346 e. The Kier molecular flexibility index (Phi) is 4.32. The summed E-state index contributed by atoms with van der Waals surface area (Å²) in [6.45, 7) is 0.610. The average Bonchev–Trinajstić information content (AvgIpc) is 2.65. The van der Waals surface area contributed by atoms with Crippen LogP contribution in [0.4, 0.5) is 13.2 Å². The number of hydrogen-bond donors (Lipinski definition) is 1. The summed E-state index contributed by atoms with van der Waals surface area (Å²) in [4.78, 5) is 0. The number of rotatable bonds is 4. The number of nitrogens with two attached hydrogens (primary N) is 1. The Balaban J connectivity index is 2.25. The third-order valence-corrected chi connectivity index (χ3v) is 3.69. The average molecular weight is 309 g/mol. The zero-order chi connectivity index (χ0) is 14.0. The zero-order valence-electron chi connectivity index (χ0n) is 9.88. The first-order chi connectivity index (χ1) is 8.90. The summed E-state index contributed by atoms with van der Waals surface area (Å²) in [5, 5.41) is 1.49. The van der Waals surface area contributed by atoms with Crippen LogP contribution in [0.25, 0.3) is 10.9 Å². The predicted octanol–water partition coefficient (Wildman–Crippen LogP) is 4.01. The van der Waals surface area contributed by atoms with E-state index in [1.165, 1.54) is 0 Å². The second kappa shape index (κ2) is 5.64. The van der Waals surface area contributed by atoms with Gasteiger partial charge in [0, 0.05) is 41.0 Å². The highest BCUT2D eigenvalue weighted by molar-refractivity contribution is 8.00. The van der Waals surface area contributed by atoms with E-state index in [9.17, 15) is 13.2 Å². The maximum absolute atomic E-state index is 12.1. The van der Waals surface area contributed by atoms with Crippen LogP contribution in [-0.4, -0.2) is 15.8 Å². The largest absolute Gasteiger partial charge is 0.441 e. The quantitative estimate of drug-likeness (QED) is 0.925. The van der Waals surface area contributed by atoms with Gasteiger partial charge in [0.1, 0.15) is 0 Å². The van der Waals surface area contributed by atoms with Crippen LogP contribution in [0, 0.1) is 0 Å². The second-order valence-electron chi connectivity index (χ2n) is 4.01. The molecule has 7 heteroatoms. The van der Waals surface area contributed by atoms with E-state index in [0.29, 0.717) is 11.6 Å². The van der Waals surface area contributed by atoms with Gasteiger partial charge in [0.15, 0.2) is 0 Å². The van der Waals surface area contributed by atoms with Crippen LogP contribution in [0.1, 0.15) is 5.56 Å². The molecule has 0 spiro atoms. The van der Waals surface area contributed by atoms with E-state index < -0.39 is 5.51 Å². The third kappa shape index (κ3) is 3.58. The van der Waals surface area contributed by atoms with E-state index in [-0.39, 0.29) is 24.1 Å². The lowest BCUT2D eigenvalue weighted by Gasteiger charge is -2.07. The molecule has 1 heterocycles. The van der Waals surface area contributed by atoms with Crippen molar-refractivity contribution in [1.82, 2.24) is 4.57 Å². The van der Waals surface area contributed by atoms with Gasteiger partial charge in [-0.3, -0.25) is 0 Å². The Morgan fingerprint density at radius 2 is 2.05 bits per heavy atom. The maximum Gasteiger partial charge on any atom is 0.441 e. The van der Waals surface area contributed by atoms with Gasteiger partial charge in [-0.2, -0.15) is 13.2 Å². The lowest BCUT2D eigenvalue weighted by atomic mass is 10.2. The minimum atomic E-state index is -4.20. The number of halogens is 4. The van der Waals surface area contributed by atoms with Crippen molar-refractivity contribution < 1.29 is 13.2 Å². The van der Waals surface area contributed by atoms with Gasteiger partial charge < -0.3 is 10.3 Å². The normalized spacial score (nSPS) is 12.3. The summed E-state index contributed by atoms with van der Waals surface area (Å²) >= 11 is 5.89. The van der Waals surface area contributed by atoms with E-state index in [1.54, 1.807) is 22.9 Å². The van der Waals surface area contributed by atoms with Crippen LogP contribution in [0.15, 0.2) is 24.4 Å². The molecule has 0 aliphatic heterocycles. The van der Waals surface area contributed by atoms with E-state index in [1.807, 2.05) is 6.07 Å². The molecule has 2 nitrogen and oxygen atoms in total. The number of alkyl halides is 3. The van der Waals surface area contributed by atoms with Gasteiger partial charge in [-0.25, -0.2) is 0 Å². The predicted molar refractivity (Wildman–Crippen MR) is 73.4 cm³/mol. The van der Waals surface area contributed by atoms with Crippen LogP contribution in [0.2, 0.25) is 5.02 Å². The summed E-state index contributed by atoms with van der Waals surface area (Å²) in [5.41, 5.74) is 3.16. The summed E-state index contributed by atoms with van der Waals surface area (Å²) in [7, 11) is 0. The first kappa shape index (κ1) is 14.6. The molecule has 19 heavy (non-hydrogen) atoms. The zero-order valence-corrected chi connectivity index (χ0v) is 11.4. The smallest absolute Gasteiger partial charge is 0.346 e. The molecule has 0 bridgehead atoms. The molecule has 0 aliphatic rings. The fraction of sp³-hybridized carbons (Fsp3) is 0.333. The highest BCUT2D eigenvalue weighted by Gasteiger charge is 2.27. The first-order valence-corrected chi connectivity index (χ1v) is 6.95. The number of aryl methyl sites for hydroxylation is 1. The van der Waals surface area contributed by atoms with Crippen LogP contribution in [0.3, 0.4) is 0 Å².